The van der Waals surface area contributed by atoms with E-state index in [1.165, 1.54) is 37.7 Å². The number of carbonyl (C=O) groups excluding carboxylic acids is 1. The highest BCUT2D eigenvalue weighted by atomic mass is 16.2. The summed E-state index contributed by atoms with van der Waals surface area (Å²) >= 11 is 0. The molecule has 0 N–H and O–H groups in total. The average Bonchev–Trinajstić information content (AvgIpc) is 3.27. The number of hydrogen-bond donors (Lipinski definition) is 0. The molecule has 2 aromatic rings. The van der Waals surface area contributed by atoms with Gasteiger partial charge in [0.2, 0.25) is 5.91 Å². The lowest BCUT2D eigenvalue weighted by molar-refractivity contribution is -0.139. The maximum Gasteiger partial charge on any atom is 0.224 e. The fourth-order valence-electron chi connectivity index (χ4n) is 5.94. The van der Waals surface area contributed by atoms with Crippen molar-refractivity contribution in [3.8, 4) is 0 Å². The normalized spacial score (nSPS) is 29.4. The second-order valence-electron chi connectivity index (χ2n) is 9.15. The van der Waals surface area contributed by atoms with Crippen molar-refractivity contribution < 1.29 is 4.79 Å². The molecule has 0 spiro atoms. The van der Waals surface area contributed by atoms with Gasteiger partial charge in [-0.05, 0) is 43.1 Å². The van der Waals surface area contributed by atoms with Gasteiger partial charge < -0.3 is 9.47 Å². The van der Waals surface area contributed by atoms with Crippen molar-refractivity contribution >= 4 is 5.91 Å². The van der Waals surface area contributed by atoms with Gasteiger partial charge in [0, 0.05) is 44.7 Å². The van der Waals surface area contributed by atoms with Crippen LogP contribution in [0.1, 0.15) is 37.7 Å². The molecule has 1 aromatic heterocycles. The average molecular weight is 394 g/mol. The molecule has 0 unspecified atom stereocenters. The summed E-state index contributed by atoms with van der Waals surface area (Å²) in [6.45, 7) is 3.70. The van der Waals surface area contributed by atoms with E-state index < -0.39 is 0 Å². The highest BCUT2D eigenvalue weighted by molar-refractivity contribution is 5.76. The quantitative estimate of drug-likeness (QED) is 0.784. The van der Waals surface area contributed by atoms with Gasteiger partial charge in [-0.25, -0.2) is 0 Å². The molecule has 0 radical (unpaired) electrons. The number of hydrogen-bond acceptors (Lipinski definition) is 4. The van der Waals surface area contributed by atoms with E-state index in [0.717, 1.165) is 19.6 Å². The Bertz CT molecular complexity index is 808. The van der Waals surface area contributed by atoms with Crippen LogP contribution in [0.3, 0.4) is 0 Å². The Morgan fingerprint density at radius 1 is 1.03 bits per heavy atom. The number of nitrogens with zero attached hydrogens (tertiary/aromatic N) is 5. The van der Waals surface area contributed by atoms with Crippen LogP contribution in [0.25, 0.3) is 0 Å². The van der Waals surface area contributed by atoms with Crippen molar-refractivity contribution in [3.05, 3.63) is 48.5 Å². The zero-order chi connectivity index (χ0) is 19.6. The van der Waals surface area contributed by atoms with E-state index in [1.54, 1.807) is 12.7 Å². The van der Waals surface area contributed by atoms with E-state index in [-0.39, 0.29) is 0 Å². The van der Waals surface area contributed by atoms with E-state index in [1.807, 2.05) is 4.57 Å². The predicted molar refractivity (Wildman–Crippen MR) is 111 cm³/mol. The van der Waals surface area contributed by atoms with E-state index in [4.69, 9.17) is 0 Å². The van der Waals surface area contributed by atoms with Crippen LogP contribution in [0, 0.1) is 11.8 Å². The molecule has 29 heavy (non-hydrogen) atoms. The molecular formula is C23H31N5O. The van der Waals surface area contributed by atoms with Crippen LogP contribution >= 0.6 is 0 Å². The van der Waals surface area contributed by atoms with Crippen molar-refractivity contribution in [2.45, 2.75) is 57.2 Å². The zero-order valence-electron chi connectivity index (χ0n) is 17.1. The van der Waals surface area contributed by atoms with Crippen molar-refractivity contribution in [1.82, 2.24) is 24.6 Å². The second kappa shape index (κ2) is 8.27. The third-order valence-electron chi connectivity index (χ3n) is 7.23. The minimum absolute atomic E-state index is 0.290. The van der Waals surface area contributed by atoms with Crippen LogP contribution < -0.4 is 0 Å². The maximum atomic E-state index is 12.8. The van der Waals surface area contributed by atoms with Crippen molar-refractivity contribution in [3.63, 3.8) is 0 Å². The molecule has 154 valence electrons. The molecule has 3 aliphatic heterocycles. The Kier molecular flexibility index (Phi) is 5.36. The largest absolute Gasteiger partial charge is 0.342 e. The fraction of sp³-hybridized carbons (Fsp3) is 0.609. The van der Waals surface area contributed by atoms with Crippen LogP contribution in [0.15, 0.2) is 43.0 Å². The number of fused-ring (bicyclic) bond motifs is 4. The standard InChI is InChI=1S/C23H31N5O/c29-23(9-10-26-16-24-25-17-26)27-13-19-11-20(15-27)22-8-4-7-21(28(22)14-19)12-18-5-2-1-3-6-18/h1-3,5-6,16-17,19-22H,4,7-15H2/t19-,20+,21+,22-/m0/s1. The highest BCUT2D eigenvalue weighted by Crippen LogP contribution is 2.40. The molecule has 1 aromatic carbocycles. The summed E-state index contributed by atoms with van der Waals surface area (Å²) in [7, 11) is 0. The smallest absolute Gasteiger partial charge is 0.224 e. The van der Waals surface area contributed by atoms with E-state index in [9.17, 15) is 4.79 Å². The topological polar surface area (TPSA) is 54.3 Å². The van der Waals surface area contributed by atoms with E-state index in [0.29, 0.717) is 42.8 Å². The van der Waals surface area contributed by atoms with Crippen molar-refractivity contribution in [1.29, 1.82) is 0 Å². The minimum atomic E-state index is 0.290. The summed E-state index contributed by atoms with van der Waals surface area (Å²) < 4.78 is 1.89. The number of rotatable bonds is 5. The molecule has 6 nitrogen and oxygen atoms in total. The molecule has 0 saturated carbocycles. The molecule has 2 bridgehead atoms. The zero-order valence-corrected chi connectivity index (χ0v) is 17.1. The first-order valence-electron chi connectivity index (χ1n) is 11.2. The first kappa shape index (κ1) is 18.8. The van der Waals surface area contributed by atoms with Gasteiger partial charge >= 0.3 is 0 Å². The highest BCUT2D eigenvalue weighted by Gasteiger charge is 2.45. The van der Waals surface area contributed by atoms with Gasteiger partial charge in [-0.3, -0.25) is 9.69 Å². The van der Waals surface area contributed by atoms with Crippen LogP contribution in [0.4, 0.5) is 0 Å². The minimum Gasteiger partial charge on any atom is -0.342 e. The lowest BCUT2D eigenvalue weighted by Gasteiger charge is -2.55. The van der Waals surface area contributed by atoms with Crippen molar-refractivity contribution in [2.75, 3.05) is 19.6 Å². The molecule has 0 aliphatic carbocycles. The van der Waals surface area contributed by atoms with Crippen LogP contribution in [0.2, 0.25) is 0 Å². The molecule has 3 saturated heterocycles. The van der Waals surface area contributed by atoms with Gasteiger partial charge in [0.1, 0.15) is 12.7 Å². The lowest BCUT2D eigenvalue weighted by atomic mass is 9.74. The molecule has 4 heterocycles. The number of benzene rings is 1. The fourth-order valence-corrected chi connectivity index (χ4v) is 5.94. The molecule has 5 rings (SSSR count). The molecular weight excluding hydrogens is 362 g/mol. The number of amides is 1. The third kappa shape index (κ3) is 4.08. The molecule has 4 atom stereocenters. The molecule has 6 heteroatoms. The number of aromatic nitrogens is 3. The number of carbonyl (C=O) groups is 1. The summed E-state index contributed by atoms with van der Waals surface area (Å²) in [5.74, 6) is 1.55. The van der Waals surface area contributed by atoms with Gasteiger partial charge in [-0.2, -0.15) is 0 Å². The van der Waals surface area contributed by atoms with Crippen LogP contribution in [0.5, 0.6) is 0 Å². The monoisotopic (exact) mass is 393 g/mol. The Labute approximate surface area is 172 Å². The number of aryl methyl sites for hydroxylation is 1. The van der Waals surface area contributed by atoms with Gasteiger partial charge in [-0.1, -0.05) is 36.8 Å². The summed E-state index contributed by atoms with van der Waals surface area (Å²) in [5, 5.41) is 7.65. The Balaban J connectivity index is 1.23. The van der Waals surface area contributed by atoms with Crippen LogP contribution in [-0.2, 0) is 17.8 Å². The lowest BCUT2D eigenvalue weighted by Crippen LogP contribution is -2.62. The van der Waals surface area contributed by atoms with Gasteiger partial charge in [0.25, 0.3) is 0 Å². The van der Waals surface area contributed by atoms with Crippen LogP contribution in [-0.4, -0.2) is 62.2 Å². The third-order valence-corrected chi connectivity index (χ3v) is 7.23. The summed E-state index contributed by atoms with van der Waals surface area (Å²) in [6.07, 6.45) is 10.3. The summed E-state index contributed by atoms with van der Waals surface area (Å²) in [4.78, 5) is 17.8. The Morgan fingerprint density at radius 3 is 2.69 bits per heavy atom. The Hall–Kier alpha value is -2.21. The van der Waals surface area contributed by atoms with Gasteiger partial charge in [-0.15, -0.1) is 10.2 Å². The molecule has 3 aliphatic rings. The SMILES string of the molecule is O=C(CCn1cnnc1)N1C[C@@H]2C[C@H](C1)[C@@H]1CCC[C@H](Cc3ccccc3)N1C2. The van der Waals surface area contributed by atoms with Crippen molar-refractivity contribution in [2.24, 2.45) is 11.8 Å². The van der Waals surface area contributed by atoms with Gasteiger partial charge in [0.05, 0.1) is 0 Å². The van der Waals surface area contributed by atoms with E-state index >= 15 is 0 Å². The first-order valence-corrected chi connectivity index (χ1v) is 11.2. The molecule has 3 fully saturated rings. The van der Waals surface area contributed by atoms with Gasteiger partial charge in [0.15, 0.2) is 0 Å². The Morgan fingerprint density at radius 2 is 1.86 bits per heavy atom. The summed E-state index contributed by atoms with van der Waals surface area (Å²) in [6, 6.07) is 12.3. The maximum absolute atomic E-state index is 12.8. The second-order valence-corrected chi connectivity index (χ2v) is 9.15. The number of piperidine rings is 3. The first-order chi connectivity index (χ1) is 14.3. The number of likely N-dealkylation sites (tertiary alicyclic amines) is 1. The molecule has 1 amide bonds. The summed E-state index contributed by atoms with van der Waals surface area (Å²) in [5.41, 5.74) is 1.46. The predicted octanol–water partition coefficient (Wildman–Crippen LogP) is 2.61. The van der Waals surface area contributed by atoms with E-state index in [2.05, 4.69) is 50.3 Å².